The van der Waals surface area contributed by atoms with Crippen LogP contribution in [-0.4, -0.2) is 28.3 Å². The van der Waals surface area contributed by atoms with Crippen LogP contribution in [0.1, 0.15) is 20.7 Å². The van der Waals surface area contributed by atoms with E-state index in [4.69, 9.17) is 4.74 Å². The van der Waals surface area contributed by atoms with Crippen molar-refractivity contribution < 1.29 is 14.3 Å². The molecule has 0 aliphatic heterocycles. The maximum absolute atomic E-state index is 12.3. The van der Waals surface area contributed by atoms with Crippen LogP contribution in [0, 0.1) is 0 Å². The monoisotopic (exact) mass is 336 g/mol. The normalized spacial score (nSPS) is 11.0. The molecule has 4 aromatic rings. The van der Waals surface area contributed by atoms with E-state index >= 15 is 0 Å². The molecule has 6 heteroatoms. The van der Waals surface area contributed by atoms with Crippen molar-refractivity contribution in [3.8, 4) is 0 Å². The van der Waals surface area contributed by atoms with Crippen molar-refractivity contribution in [2.75, 3.05) is 6.61 Å². The third kappa shape index (κ3) is 2.57. The van der Waals surface area contributed by atoms with Gasteiger partial charge in [-0.3, -0.25) is 4.79 Å². The van der Waals surface area contributed by atoms with Gasteiger partial charge in [0.1, 0.15) is 0 Å². The van der Waals surface area contributed by atoms with Crippen molar-refractivity contribution in [3.63, 3.8) is 0 Å². The molecule has 0 aliphatic carbocycles. The molecule has 1 N–H and O–H groups in total. The Labute approximate surface area is 140 Å². The fraction of sp³-hybridized carbons (Fsp3) is 0.0556. The van der Waals surface area contributed by atoms with Crippen molar-refractivity contribution in [1.82, 2.24) is 9.97 Å². The Kier molecular flexibility index (Phi) is 3.59. The summed E-state index contributed by atoms with van der Waals surface area (Å²) in [4.78, 5) is 31.7. The molecular weight excluding hydrogens is 324 g/mol. The minimum atomic E-state index is -0.515. The number of nitrogens with one attached hydrogen (secondary N) is 1. The van der Waals surface area contributed by atoms with E-state index in [2.05, 4.69) is 9.97 Å². The van der Waals surface area contributed by atoms with E-state index in [1.165, 1.54) is 11.3 Å². The molecular formula is C18H12N2O3S. The quantitative estimate of drug-likeness (QED) is 0.454. The number of rotatable bonds is 4. The number of aromatic nitrogens is 2. The molecule has 0 radical (unpaired) electrons. The first-order valence-electron chi connectivity index (χ1n) is 7.32. The van der Waals surface area contributed by atoms with Crippen LogP contribution in [0.5, 0.6) is 0 Å². The molecule has 5 nitrogen and oxygen atoms in total. The number of aromatic amines is 1. The van der Waals surface area contributed by atoms with E-state index in [0.717, 1.165) is 21.1 Å². The number of Topliss-reactive ketones (excluding diaryl/α,β-unsaturated/α-hetero) is 1. The number of thiazole rings is 1. The molecule has 24 heavy (non-hydrogen) atoms. The number of H-pyrrole nitrogens is 1. The number of hydrogen-bond donors (Lipinski definition) is 1. The number of para-hydroxylation sites is 1. The van der Waals surface area contributed by atoms with Gasteiger partial charge in [0.25, 0.3) is 0 Å². The van der Waals surface area contributed by atoms with Crippen LogP contribution < -0.4 is 0 Å². The summed E-state index contributed by atoms with van der Waals surface area (Å²) < 4.78 is 6.08. The molecule has 0 saturated carbocycles. The van der Waals surface area contributed by atoms with Gasteiger partial charge >= 0.3 is 5.97 Å². The maximum Gasteiger partial charge on any atom is 0.338 e. The first kappa shape index (κ1) is 14.6. The zero-order chi connectivity index (χ0) is 16.5. The summed E-state index contributed by atoms with van der Waals surface area (Å²) in [5.41, 5.74) is 4.38. The number of hydrogen-bond acceptors (Lipinski definition) is 5. The van der Waals surface area contributed by atoms with Crippen LogP contribution in [0.25, 0.3) is 21.1 Å². The Balaban J connectivity index is 1.49. The Bertz CT molecular complexity index is 1060. The predicted molar refractivity (Wildman–Crippen MR) is 92.5 cm³/mol. The highest BCUT2D eigenvalue weighted by molar-refractivity contribution is 7.16. The summed E-state index contributed by atoms with van der Waals surface area (Å²) in [5.74, 6) is -0.752. The standard InChI is InChI=1S/C18H12N2O3S/c21-16(13-8-19-14-4-2-1-3-12(13)14)9-23-18(22)11-5-6-15-17(7-11)24-10-20-15/h1-8,10,19H,9H2. The highest BCUT2D eigenvalue weighted by atomic mass is 32.1. The number of ether oxygens (including phenoxy) is 1. The van der Waals surface area contributed by atoms with E-state index in [1.807, 2.05) is 24.3 Å². The number of nitrogens with zero attached hydrogens (tertiary/aromatic N) is 1. The molecule has 0 saturated heterocycles. The maximum atomic E-state index is 12.3. The molecule has 118 valence electrons. The Morgan fingerprint density at radius 1 is 1.17 bits per heavy atom. The Hall–Kier alpha value is -2.99. The predicted octanol–water partition coefficient (Wildman–Crippen LogP) is 3.82. The number of carbonyl (C=O) groups is 2. The van der Waals surface area contributed by atoms with Crippen LogP contribution in [0.4, 0.5) is 0 Å². The lowest BCUT2D eigenvalue weighted by Crippen LogP contribution is -2.14. The summed E-state index contributed by atoms with van der Waals surface area (Å²) in [6.45, 7) is -0.290. The number of fused-ring (bicyclic) bond motifs is 2. The van der Waals surface area contributed by atoms with Gasteiger partial charge in [0.15, 0.2) is 6.61 Å². The Morgan fingerprint density at radius 2 is 2.04 bits per heavy atom. The molecule has 2 heterocycles. The van der Waals surface area contributed by atoms with Crippen LogP contribution in [0.2, 0.25) is 0 Å². The molecule has 2 aromatic carbocycles. The topological polar surface area (TPSA) is 72.1 Å². The molecule has 0 fully saturated rings. The summed E-state index contributed by atoms with van der Waals surface area (Å²) in [5, 5.41) is 0.824. The van der Waals surface area contributed by atoms with Gasteiger partial charge < -0.3 is 9.72 Å². The molecule has 0 unspecified atom stereocenters. The first-order valence-corrected chi connectivity index (χ1v) is 8.20. The third-order valence-corrected chi connectivity index (χ3v) is 4.58. The van der Waals surface area contributed by atoms with Gasteiger partial charge in [-0.1, -0.05) is 18.2 Å². The molecule has 0 spiro atoms. The number of carbonyl (C=O) groups excluding carboxylic acids is 2. The Morgan fingerprint density at radius 3 is 2.96 bits per heavy atom. The lowest BCUT2D eigenvalue weighted by Gasteiger charge is -2.04. The molecule has 4 rings (SSSR count). The summed E-state index contributed by atoms with van der Waals surface area (Å²) in [6, 6.07) is 12.7. The summed E-state index contributed by atoms with van der Waals surface area (Å²) in [7, 11) is 0. The van der Waals surface area contributed by atoms with Crippen molar-refractivity contribution in [1.29, 1.82) is 0 Å². The minimum absolute atomic E-state index is 0.236. The third-order valence-electron chi connectivity index (χ3n) is 3.79. The van der Waals surface area contributed by atoms with Crippen molar-refractivity contribution in [2.45, 2.75) is 0 Å². The fourth-order valence-corrected chi connectivity index (χ4v) is 3.29. The van der Waals surface area contributed by atoms with Gasteiger partial charge in [0.2, 0.25) is 5.78 Å². The average Bonchev–Trinajstić information content (AvgIpc) is 3.25. The first-order chi connectivity index (χ1) is 11.7. The van der Waals surface area contributed by atoms with E-state index in [9.17, 15) is 9.59 Å². The number of ketones is 1. The molecule has 0 amide bonds. The van der Waals surface area contributed by atoms with Gasteiger partial charge in [-0.15, -0.1) is 11.3 Å². The zero-order valence-electron chi connectivity index (χ0n) is 12.5. The molecule has 0 bridgehead atoms. The number of esters is 1. The van der Waals surface area contributed by atoms with Gasteiger partial charge in [-0.2, -0.15) is 0 Å². The average molecular weight is 336 g/mol. The van der Waals surface area contributed by atoms with Crippen LogP contribution in [0.3, 0.4) is 0 Å². The molecule has 0 aliphatic rings. The van der Waals surface area contributed by atoms with Crippen LogP contribution in [-0.2, 0) is 4.74 Å². The van der Waals surface area contributed by atoms with Gasteiger partial charge in [-0.05, 0) is 24.3 Å². The highest BCUT2D eigenvalue weighted by Gasteiger charge is 2.15. The van der Waals surface area contributed by atoms with E-state index in [-0.39, 0.29) is 12.4 Å². The van der Waals surface area contributed by atoms with E-state index in [0.29, 0.717) is 11.1 Å². The minimum Gasteiger partial charge on any atom is -0.454 e. The van der Waals surface area contributed by atoms with E-state index in [1.54, 1.807) is 29.9 Å². The van der Waals surface area contributed by atoms with Crippen LogP contribution >= 0.6 is 11.3 Å². The van der Waals surface area contributed by atoms with Crippen molar-refractivity contribution in [3.05, 3.63) is 65.3 Å². The van der Waals surface area contributed by atoms with Gasteiger partial charge in [0.05, 0.1) is 21.3 Å². The SMILES string of the molecule is O=C(OCC(=O)c1c[nH]c2ccccc12)c1ccc2ncsc2c1. The number of benzene rings is 2. The molecule has 2 aromatic heterocycles. The lowest BCUT2D eigenvalue weighted by atomic mass is 10.1. The van der Waals surface area contributed by atoms with Crippen molar-refractivity contribution in [2.24, 2.45) is 0 Å². The zero-order valence-corrected chi connectivity index (χ0v) is 13.3. The van der Waals surface area contributed by atoms with Gasteiger partial charge in [0, 0.05) is 22.7 Å². The van der Waals surface area contributed by atoms with Crippen LogP contribution in [0.15, 0.2) is 54.2 Å². The second-order valence-corrected chi connectivity index (χ2v) is 6.17. The van der Waals surface area contributed by atoms with Crippen molar-refractivity contribution >= 4 is 44.2 Å². The smallest absolute Gasteiger partial charge is 0.338 e. The second kappa shape index (κ2) is 5.90. The second-order valence-electron chi connectivity index (χ2n) is 5.28. The largest absolute Gasteiger partial charge is 0.454 e. The fourth-order valence-electron chi connectivity index (χ4n) is 2.58. The molecule has 0 atom stereocenters. The highest BCUT2D eigenvalue weighted by Crippen LogP contribution is 2.20. The van der Waals surface area contributed by atoms with Gasteiger partial charge in [-0.25, -0.2) is 9.78 Å². The lowest BCUT2D eigenvalue weighted by molar-refractivity contribution is 0.0475. The summed E-state index contributed by atoms with van der Waals surface area (Å²) >= 11 is 1.45. The van der Waals surface area contributed by atoms with E-state index < -0.39 is 5.97 Å². The summed E-state index contributed by atoms with van der Waals surface area (Å²) in [6.07, 6.45) is 1.64.